The van der Waals surface area contributed by atoms with E-state index >= 15 is 0 Å². The highest BCUT2D eigenvalue weighted by atomic mass is 35.5. The van der Waals surface area contributed by atoms with E-state index in [2.05, 4.69) is 0 Å². The highest BCUT2D eigenvalue weighted by Crippen LogP contribution is 2.29. The fourth-order valence-electron chi connectivity index (χ4n) is 1.89. The number of nitrogens with zero attached hydrogens (tertiary/aromatic N) is 1. The standard InChI is InChI=1S/C16H13ClFNO2/c1-10(20)14-7-13(17)3-5-16(14)21-9-11-2-4-15(18)12(6-11)8-19/h2-7,10,20H,9H2,1H3. The van der Waals surface area contributed by atoms with E-state index < -0.39 is 11.9 Å². The van der Waals surface area contributed by atoms with Gasteiger partial charge in [0.2, 0.25) is 0 Å². The van der Waals surface area contributed by atoms with Crippen LogP contribution in [-0.2, 0) is 6.61 Å². The molecule has 0 aromatic heterocycles. The maximum atomic E-state index is 13.2. The van der Waals surface area contributed by atoms with E-state index in [1.54, 1.807) is 37.3 Å². The fraction of sp³-hybridized carbons (Fsp3) is 0.188. The van der Waals surface area contributed by atoms with Gasteiger partial charge in [-0.1, -0.05) is 17.7 Å². The number of hydrogen-bond donors (Lipinski definition) is 1. The lowest BCUT2D eigenvalue weighted by Crippen LogP contribution is -2.01. The van der Waals surface area contributed by atoms with Gasteiger partial charge in [-0.05, 0) is 42.8 Å². The van der Waals surface area contributed by atoms with Crippen LogP contribution in [0.1, 0.15) is 29.7 Å². The molecule has 2 rings (SSSR count). The van der Waals surface area contributed by atoms with Gasteiger partial charge in [-0.3, -0.25) is 0 Å². The molecule has 0 amide bonds. The largest absolute Gasteiger partial charge is 0.489 e. The average Bonchev–Trinajstić information content (AvgIpc) is 2.47. The van der Waals surface area contributed by atoms with Crippen LogP contribution in [0, 0.1) is 17.1 Å². The van der Waals surface area contributed by atoms with Crippen molar-refractivity contribution in [1.82, 2.24) is 0 Å². The minimum atomic E-state index is -0.721. The van der Waals surface area contributed by atoms with E-state index in [1.165, 1.54) is 12.1 Å². The lowest BCUT2D eigenvalue weighted by molar-refractivity contribution is 0.190. The number of rotatable bonds is 4. The van der Waals surface area contributed by atoms with E-state index in [9.17, 15) is 9.50 Å². The Balaban J connectivity index is 2.19. The first-order valence-electron chi connectivity index (χ1n) is 6.30. The Morgan fingerprint density at radius 2 is 2.10 bits per heavy atom. The second kappa shape index (κ2) is 6.57. The number of halogens is 2. The van der Waals surface area contributed by atoms with Crippen LogP contribution < -0.4 is 4.74 Å². The third kappa shape index (κ3) is 3.72. The molecule has 108 valence electrons. The molecule has 0 spiro atoms. The number of benzene rings is 2. The van der Waals surface area contributed by atoms with Gasteiger partial charge in [0, 0.05) is 10.6 Å². The van der Waals surface area contributed by atoms with Crippen molar-refractivity contribution in [3.63, 3.8) is 0 Å². The van der Waals surface area contributed by atoms with E-state index in [4.69, 9.17) is 21.6 Å². The predicted octanol–water partition coefficient (Wildman–Crippen LogP) is 3.98. The molecular formula is C16H13ClFNO2. The Bertz CT molecular complexity index is 695. The highest BCUT2D eigenvalue weighted by Gasteiger charge is 2.11. The van der Waals surface area contributed by atoms with Gasteiger partial charge < -0.3 is 9.84 Å². The van der Waals surface area contributed by atoms with E-state index in [1.807, 2.05) is 0 Å². The monoisotopic (exact) mass is 305 g/mol. The molecule has 21 heavy (non-hydrogen) atoms. The Kier molecular flexibility index (Phi) is 4.79. The van der Waals surface area contributed by atoms with Crippen LogP contribution in [0.25, 0.3) is 0 Å². The quantitative estimate of drug-likeness (QED) is 0.929. The van der Waals surface area contributed by atoms with Gasteiger partial charge in [0.1, 0.15) is 24.2 Å². The van der Waals surface area contributed by atoms with Crippen LogP contribution in [0.4, 0.5) is 4.39 Å². The summed E-state index contributed by atoms with van der Waals surface area (Å²) in [6, 6.07) is 11.0. The van der Waals surface area contributed by atoms with E-state index in [0.29, 0.717) is 21.9 Å². The van der Waals surface area contributed by atoms with Gasteiger partial charge in [-0.25, -0.2) is 4.39 Å². The maximum Gasteiger partial charge on any atom is 0.140 e. The zero-order valence-electron chi connectivity index (χ0n) is 11.3. The van der Waals surface area contributed by atoms with Crippen LogP contribution in [0.2, 0.25) is 5.02 Å². The Hall–Kier alpha value is -2.09. The second-order valence-electron chi connectivity index (χ2n) is 4.57. The summed E-state index contributed by atoms with van der Waals surface area (Å²) in [4.78, 5) is 0. The van der Waals surface area contributed by atoms with Crippen molar-refractivity contribution in [3.8, 4) is 11.8 Å². The average molecular weight is 306 g/mol. The normalized spacial score (nSPS) is 11.8. The van der Waals surface area contributed by atoms with Crippen LogP contribution in [-0.4, -0.2) is 5.11 Å². The van der Waals surface area contributed by atoms with Gasteiger partial charge in [-0.2, -0.15) is 5.26 Å². The fourth-order valence-corrected chi connectivity index (χ4v) is 2.07. The molecule has 1 N–H and O–H groups in total. The van der Waals surface area contributed by atoms with Gasteiger partial charge in [-0.15, -0.1) is 0 Å². The number of hydrogen-bond acceptors (Lipinski definition) is 3. The van der Waals surface area contributed by atoms with Crippen LogP contribution in [0.3, 0.4) is 0 Å². The second-order valence-corrected chi connectivity index (χ2v) is 5.01. The van der Waals surface area contributed by atoms with Crippen molar-refractivity contribution in [2.24, 2.45) is 0 Å². The molecule has 1 unspecified atom stereocenters. The van der Waals surface area contributed by atoms with Gasteiger partial charge in [0.15, 0.2) is 0 Å². The molecule has 0 fully saturated rings. The van der Waals surface area contributed by atoms with Gasteiger partial charge in [0.25, 0.3) is 0 Å². The van der Waals surface area contributed by atoms with Crippen molar-refractivity contribution in [1.29, 1.82) is 5.26 Å². The van der Waals surface area contributed by atoms with Crippen molar-refractivity contribution >= 4 is 11.6 Å². The van der Waals surface area contributed by atoms with E-state index in [-0.39, 0.29) is 12.2 Å². The number of ether oxygens (including phenoxy) is 1. The van der Waals surface area contributed by atoms with Crippen molar-refractivity contribution in [3.05, 3.63) is 63.9 Å². The van der Waals surface area contributed by atoms with E-state index in [0.717, 1.165) is 0 Å². The topological polar surface area (TPSA) is 53.2 Å². The van der Waals surface area contributed by atoms with Crippen molar-refractivity contribution in [2.75, 3.05) is 0 Å². The smallest absolute Gasteiger partial charge is 0.140 e. The first-order chi connectivity index (χ1) is 10.0. The summed E-state index contributed by atoms with van der Waals surface area (Å²) in [6.07, 6.45) is -0.721. The molecule has 0 heterocycles. The minimum Gasteiger partial charge on any atom is -0.489 e. The summed E-state index contributed by atoms with van der Waals surface area (Å²) in [7, 11) is 0. The number of nitriles is 1. The molecule has 0 radical (unpaired) electrons. The summed E-state index contributed by atoms with van der Waals surface area (Å²) >= 11 is 5.89. The molecule has 0 aliphatic heterocycles. The number of aliphatic hydroxyl groups excluding tert-OH is 1. The Morgan fingerprint density at radius 1 is 1.33 bits per heavy atom. The maximum absolute atomic E-state index is 13.2. The van der Waals surface area contributed by atoms with Crippen molar-refractivity contribution < 1.29 is 14.2 Å². The Morgan fingerprint density at radius 3 is 2.76 bits per heavy atom. The molecule has 2 aromatic carbocycles. The summed E-state index contributed by atoms with van der Waals surface area (Å²) < 4.78 is 18.9. The molecule has 0 saturated carbocycles. The first-order valence-corrected chi connectivity index (χ1v) is 6.68. The summed E-state index contributed by atoms with van der Waals surface area (Å²) in [5.41, 5.74) is 1.22. The molecule has 0 bridgehead atoms. The Labute approximate surface area is 127 Å². The molecule has 2 aromatic rings. The zero-order chi connectivity index (χ0) is 15.4. The third-order valence-electron chi connectivity index (χ3n) is 2.97. The molecule has 0 aliphatic rings. The lowest BCUT2D eigenvalue weighted by Gasteiger charge is -2.14. The first kappa shape index (κ1) is 15.3. The summed E-state index contributed by atoms with van der Waals surface area (Å²) in [5, 5.41) is 19.0. The minimum absolute atomic E-state index is 0.0250. The molecule has 5 heteroatoms. The third-order valence-corrected chi connectivity index (χ3v) is 3.20. The molecular weight excluding hydrogens is 293 g/mol. The predicted molar refractivity (Wildman–Crippen MR) is 77.5 cm³/mol. The zero-order valence-corrected chi connectivity index (χ0v) is 12.1. The summed E-state index contributed by atoms with van der Waals surface area (Å²) in [6.45, 7) is 1.78. The molecule has 1 atom stereocenters. The molecule has 3 nitrogen and oxygen atoms in total. The van der Waals surface area contributed by atoms with Gasteiger partial charge in [0.05, 0.1) is 11.7 Å². The summed E-state index contributed by atoms with van der Waals surface area (Å²) in [5.74, 6) is -0.0605. The van der Waals surface area contributed by atoms with Crippen molar-refractivity contribution in [2.45, 2.75) is 19.6 Å². The van der Waals surface area contributed by atoms with Crippen LogP contribution in [0.5, 0.6) is 5.75 Å². The molecule has 0 aliphatic carbocycles. The molecule has 0 saturated heterocycles. The van der Waals surface area contributed by atoms with Gasteiger partial charge >= 0.3 is 0 Å². The SMILES string of the molecule is CC(O)c1cc(Cl)ccc1OCc1ccc(F)c(C#N)c1. The van der Waals surface area contributed by atoms with Crippen LogP contribution >= 0.6 is 11.6 Å². The highest BCUT2D eigenvalue weighted by molar-refractivity contribution is 6.30. The van der Waals surface area contributed by atoms with Crippen LogP contribution in [0.15, 0.2) is 36.4 Å². The number of aliphatic hydroxyl groups is 1. The lowest BCUT2D eigenvalue weighted by atomic mass is 10.1.